The van der Waals surface area contributed by atoms with Crippen LogP contribution in [0, 0.1) is 17.8 Å². The molecular formula is C9H14O3. The van der Waals surface area contributed by atoms with E-state index in [1.54, 1.807) is 6.92 Å². The van der Waals surface area contributed by atoms with Crippen molar-refractivity contribution in [1.82, 2.24) is 0 Å². The summed E-state index contributed by atoms with van der Waals surface area (Å²) in [6, 6.07) is 0. The molecule has 0 aromatic heterocycles. The molecule has 0 radical (unpaired) electrons. The van der Waals surface area contributed by atoms with Gasteiger partial charge in [-0.2, -0.15) is 0 Å². The van der Waals surface area contributed by atoms with Crippen molar-refractivity contribution >= 4 is 11.8 Å². The van der Waals surface area contributed by atoms with E-state index in [4.69, 9.17) is 0 Å². The van der Waals surface area contributed by atoms with Crippen molar-refractivity contribution in [3.8, 4) is 0 Å². The number of rotatable bonds is 3. The molecule has 0 N–H and O–H groups in total. The third-order valence-corrected chi connectivity index (χ3v) is 2.46. The summed E-state index contributed by atoms with van der Waals surface area (Å²) < 4.78 is 4.49. The number of esters is 1. The molecule has 0 aromatic rings. The van der Waals surface area contributed by atoms with Crippen LogP contribution in [0.4, 0.5) is 0 Å². The largest absolute Gasteiger partial charge is 0.468 e. The minimum atomic E-state index is -0.579. The van der Waals surface area contributed by atoms with Crippen LogP contribution in [0.25, 0.3) is 0 Å². The van der Waals surface area contributed by atoms with E-state index in [0.717, 1.165) is 6.42 Å². The topological polar surface area (TPSA) is 43.4 Å². The average molecular weight is 170 g/mol. The van der Waals surface area contributed by atoms with E-state index in [0.29, 0.717) is 5.92 Å². The third kappa shape index (κ3) is 1.65. The van der Waals surface area contributed by atoms with Crippen molar-refractivity contribution in [2.45, 2.75) is 20.3 Å². The Labute approximate surface area is 72.1 Å². The Balaban J connectivity index is 2.47. The normalized spacial score (nSPS) is 29.2. The Morgan fingerprint density at radius 1 is 1.50 bits per heavy atom. The monoisotopic (exact) mass is 170 g/mol. The number of ketones is 1. The fourth-order valence-electron chi connectivity index (χ4n) is 1.33. The highest BCUT2D eigenvalue weighted by Gasteiger charge is 2.42. The molecule has 0 aromatic carbocycles. The first-order valence-corrected chi connectivity index (χ1v) is 4.19. The Kier molecular flexibility index (Phi) is 2.50. The second kappa shape index (κ2) is 3.25. The summed E-state index contributed by atoms with van der Waals surface area (Å²) >= 11 is 0. The van der Waals surface area contributed by atoms with Gasteiger partial charge in [0.15, 0.2) is 0 Å². The van der Waals surface area contributed by atoms with E-state index < -0.39 is 11.9 Å². The van der Waals surface area contributed by atoms with Gasteiger partial charge in [-0.3, -0.25) is 9.59 Å². The number of carbonyl (C=O) groups is 2. The number of methoxy groups -OCH3 is 1. The summed E-state index contributed by atoms with van der Waals surface area (Å²) in [5.74, 6) is -0.387. The fourth-order valence-corrected chi connectivity index (χ4v) is 1.33. The van der Waals surface area contributed by atoms with Crippen molar-refractivity contribution < 1.29 is 14.3 Å². The standard InChI is InChI=1S/C9H14O3/c1-5-4-7(5)8(10)6(2)9(11)12-3/h5-7H,4H2,1-3H3. The molecule has 0 spiro atoms. The van der Waals surface area contributed by atoms with Gasteiger partial charge in [0, 0.05) is 5.92 Å². The Hall–Kier alpha value is -0.860. The summed E-state index contributed by atoms with van der Waals surface area (Å²) in [4.78, 5) is 22.4. The van der Waals surface area contributed by atoms with Crippen LogP contribution in [0.3, 0.4) is 0 Å². The first-order valence-electron chi connectivity index (χ1n) is 4.19. The number of Topliss-reactive ketones (excluding diaryl/α,β-unsaturated/α-hetero) is 1. The molecule has 0 aliphatic heterocycles. The van der Waals surface area contributed by atoms with Crippen LogP contribution in [0.1, 0.15) is 20.3 Å². The van der Waals surface area contributed by atoms with E-state index in [9.17, 15) is 9.59 Å². The first-order chi connectivity index (χ1) is 5.57. The summed E-state index contributed by atoms with van der Waals surface area (Å²) in [6.45, 7) is 3.63. The molecule has 1 aliphatic rings. The summed E-state index contributed by atoms with van der Waals surface area (Å²) in [5, 5.41) is 0. The summed E-state index contributed by atoms with van der Waals surface area (Å²) in [6.07, 6.45) is 0.931. The molecule has 0 saturated heterocycles. The molecular weight excluding hydrogens is 156 g/mol. The number of ether oxygens (including phenoxy) is 1. The quantitative estimate of drug-likeness (QED) is 0.469. The lowest BCUT2D eigenvalue weighted by atomic mass is 10.0. The van der Waals surface area contributed by atoms with Gasteiger partial charge in [0.2, 0.25) is 0 Å². The van der Waals surface area contributed by atoms with Crippen LogP contribution >= 0.6 is 0 Å². The highest BCUT2D eigenvalue weighted by molar-refractivity contribution is 6.00. The molecule has 1 saturated carbocycles. The van der Waals surface area contributed by atoms with E-state index in [2.05, 4.69) is 4.74 Å². The molecule has 0 bridgehead atoms. The van der Waals surface area contributed by atoms with Gasteiger partial charge >= 0.3 is 5.97 Å². The van der Waals surface area contributed by atoms with Gasteiger partial charge in [-0.1, -0.05) is 6.92 Å². The number of carbonyl (C=O) groups excluding carboxylic acids is 2. The van der Waals surface area contributed by atoms with Gasteiger partial charge in [-0.05, 0) is 19.3 Å². The average Bonchev–Trinajstić information content (AvgIpc) is 2.78. The third-order valence-electron chi connectivity index (χ3n) is 2.46. The molecule has 12 heavy (non-hydrogen) atoms. The van der Waals surface area contributed by atoms with Crippen molar-refractivity contribution in [3.63, 3.8) is 0 Å². The Morgan fingerprint density at radius 2 is 2.00 bits per heavy atom. The van der Waals surface area contributed by atoms with Gasteiger partial charge in [-0.15, -0.1) is 0 Å². The van der Waals surface area contributed by atoms with Crippen molar-refractivity contribution in [2.75, 3.05) is 7.11 Å². The van der Waals surface area contributed by atoms with Crippen molar-refractivity contribution in [2.24, 2.45) is 17.8 Å². The molecule has 68 valence electrons. The zero-order valence-corrected chi connectivity index (χ0v) is 7.66. The van der Waals surface area contributed by atoms with Crippen LogP contribution in [0.2, 0.25) is 0 Å². The predicted molar refractivity (Wildman–Crippen MR) is 43.5 cm³/mol. The SMILES string of the molecule is COC(=O)C(C)C(=O)C1CC1C. The lowest BCUT2D eigenvalue weighted by Gasteiger charge is -2.06. The van der Waals surface area contributed by atoms with Crippen LogP contribution in [-0.4, -0.2) is 18.9 Å². The molecule has 1 rings (SSSR count). The van der Waals surface area contributed by atoms with Gasteiger partial charge in [0.05, 0.1) is 7.11 Å². The molecule has 1 fully saturated rings. The lowest BCUT2D eigenvalue weighted by Crippen LogP contribution is -2.23. The molecule has 0 amide bonds. The van der Waals surface area contributed by atoms with Crippen LogP contribution in [0.5, 0.6) is 0 Å². The van der Waals surface area contributed by atoms with E-state index in [1.807, 2.05) is 6.92 Å². The van der Waals surface area contributed by atoms with E-state index in [-0.39, 0.29) is 11.7 Å². The second-order valence-corrected chi connectivity index (χ2v) is 3.47. The van der Waals surface area contributed by atoms with Crippen LogP contribution < -0.4 is 0 Å². The number of hydrogen-bond acceptors (Lipinski definition) is 3. The summed E-state index contributed by atoms with van der Waals surface area (Å²) in [7, 11) is 1.31. The maximum Gasteiger partial charge on any atom is 0.315 e. The van der Waals surface area contributed by atoms with Gasteiger partial charge in [0.1, 0.15) is 11.7 Å². The van der Waals surface area contributed by atoms with E-state index >= 15 is 0 Å². The van der Waals surface area contributed by atoms with Crippen LogP contribution in [-0.2, 0) is 14.3 Å². The molecule has 3 heteroatoms. The Bertz CT molecular complexity index is 210. The predicted octanol–water partition coefficient (Wildman–Crippen LogP) is 1.02. The first kappa shape index (κ1) is 9.23. The highest BCUT2D eigenvalue weighted by Crippen LogP contribution is 2.40. The van der Waals surface area contributed by atoms with Gasteiger partial charge in [-0.25, -0.2) is 0 Å². The maximum atomic E-state index is 11.4. The molecule has 3 atom stereocenters. The van der Waals surface area contributed by atoms with Gasteiger partial charge < -0.3 is 4.74 Å². The highest BCUT2D eigenvalue weighted by atomic mass is 16.5. The molecule has 1 aliphatic carbocycles. The zero-order chi connectivity index (χ0) is 9.30. The van der Waals surface area contributed by atoms with Crippen molar-refractivity contribution in [3.05, 3.63) is 0 Å². The molecule has 0 heterocycles. The van der Waals surface area contributed by atoms with E-state index in [1.165, 1.54) is 7.11 Å². The Morgan fingerprint density at radius 3 is 2.33 bits per heavy atom. The summed E-state index contributed by atoms with van der Waals surface area (Å²) in [5.41, 5.74) is 0. The smallest absolute Gasteiger partial charge is 0.315 e. The fraction of sp³-hybridized carbons (Fsp3) is 0.778. The van der Waals surface area contributed by atoms with Crippen LogP contribution in [0.15, 0.2) is 0 Å². The minimum Gasteiger partial charge on any atom is -0.468 e. The molecule has 3 unspecified atom stereocenters. The maximum absolute atomic E-state index is 11.4. The number of hydrogen-bond donors (Lipinski definition) is 0. The van der Waals surface area contributed by atoms with Gasteiger partial charge in [0.25, 0.3) is 0 Å². The van der Waals surface area contributed by atoms with Crippen molar-refractivity contribution in [1.29, 1.82) is 0 Å². The second-order valence-electron chi connectivity index (χ2n) is 3.47. The minimum absolute atomic E-state index is 0.0364. The zero-order valence-electron chi connectivity index (χ0n) is 7.66. The lowest BCUT2D eigenvalue weighted by molar-refractivity contribution is -0.149. The molecule has 3 nitrogen and oxygen atoms in total.